The predicted octanol–water partition coefficient (Wildman–Crippen LogP) is 1.32. The van der Waals surface area contributed by atoms with Crippen LogP contribution >= 0.6 is 11.8 Å². The van der Waals surface area contributed by atoms with Crippen molar-refractivity contribution in [2.24, 2.45) is 0 Å². The highest BCUT2D eigenvalue weighted by molar-refractivity contribution is 8.01. The summed E-state index contributed by atoms with van der Waals surface area (Å²) >= 11 is 1.40. The third-order valence-electron chi connectivity index (χ3n) is 3.99. The Balaban J connectivity index is 1.66. The average Bonchev–Trinajstić information content (AvgIpc) is 2.74. The maximum atomic E-state index is 12.2. The van der Waals surface area contributed by atoms with Gasteiger partial charge in [0.1, 0.15) is 17.5 Å². The molecule has 3 rings (SSSR count). The van der Waals surface area contributed by atoms with E-state index in [9.17, 15) is 19.5 Å². The Bertz CT molecular complexity index is 664. The van der Waals surface area contributed by atoms with Crippen LogP contribution in [0.2, 0.25) is 0 Å². The molecular formula is C15H17N3O4S. The molecule has 23 heavy (non-hydrogen) atoms. The minimum absolute atomic E-state index is 0.347. The standard InChI is InChI=1S/C15H17N3O4S/c1-15(2)10(13(20)21)18-11(19)9(12(18)23-15)17-14(22)16-8-6-4-3-5-7-8/h3-7,9-10,12H,1-2H3,(H,20,21)(H2,16,17,22). The van der Waals surface area contributed by atoms with Crippen molar-refractivity contribution < 1.29 is 19.5 Å². The first kappa shape index (κ1) is 15.7. The van der Waals surface area contributed by atoms with Gasteiger partial charge in [-0.2, -0.15) is 0 Å². The zero-order valence-electron chi connectivity index (χ0n) is 12.6. The lowest BCUT2D eigenvalue weighted by atomic mass is 9.96. The van der Waals surface area contributed by atoms with Gasteiger partial charge in [-0.3, -0.25) is 4.79 Å². The van der Waals surface area contributed by atoms with Crippen LogP contribution in [0.5, 0.6) is 0 Å². The number of anilines is 1. The first-order chi connectivity index (χ1) is 10.8. The molecule has 1 aromatic carbocycles. The van der Waals surface area contributed by atoms with Gasteiger partial charge in [0.15, 0.2) is 0 Å². The number of amides is 3. The summed E-state index contributed by atoms with van der Waals surface area (Å²) in [7, 11) is 0. The number of hydrogen-bond acceptors (Lipinski definition) is 4. The molecule has 2 fully saturated rings. The molecule has 0 radical (unpaired) electrons. The van der Waals surface area contributed by atoms with Gasteiger partial charge in [-0.25, -0.2) is 9.59 Å². The number of benzene rings is 1. The number of fused-ring (bicyclic) bond motifs is 1. The average molecular weight is 335 g/mol. The van der Waals surface area contributed by atoms with E-state index in [0.717, 1.165) is 0 Å². The van der Waals surface area contributed by atoms with E-state index in [1.165, 1.54) is 16.7 Å². The van der Waals surface area contributed by atoms with Gasteiger partial charge in [-0.1, -0.05) is 18.2 Å². The maximum absolute atomic E-state index is 12.2. The number of aliphatic carboxylic acids is 1. The smallest absolute Gasteiger partial charge is 0.327 e. The zero-order valence-corrected chi connectivity index (χ0v) is 13.5. The van der Waals surface area contributed by atoms with Crippen molar-refractivity contribution >= 4 is 35.4 Å². The van der Waals surface area contributed by atoms with E-state index in [1.807, 2.05) is 6.07 Å². The van der Waals surface area contributed by atoms with E-state index in [4.69, 9.17) is 0 Å². The molecule has 7 nitrogen and oxygen atoms in total. The van der Waals surface area contributed by atoms with E-state index >= 15 is 0 Å². The van der Waals surface area contributed by atoms with Gasteiger partial charge >= 0.3 is 12.0 Å². The molecule has 2 aliphatic heterocycles. The number of carboxylic acid groups (broad SMARTS) is 1. The molecule has 2 heterocycles. The van der Waals surface area contributed by atoms with Gasteiger partial charge in [0.25, 0.3) is 0 Å². The maximum Gasteiger partial charge on any atom is 0.327 e. The highest BCUT2D eigenvalue weighted by Gasteiger charge is 2.64. The number of para-hydroxylation sites is 1. The fourth-order valence-corrected chi connectivity index (χ4v) is 4.60. The first-order valence-electron chi connectivity index (χ1n) is 7.16. The van der Waals surface area contributed by atoms with Crippen molar-refractivity contribution in [2.45, 2.75) is 36.1 Å². The van der Waals surface area contributed by atoms with Crippen molar-refractivity contribution in [3.05, 3.63) is 30.3 Å². The molecule has 3 N–H and O–H groups in total. The summed E-state index contributed by atoms with van der Waals surface area (Å²) in [6, 6.07) is 6.83. The normalized spacial score (nSPS) is 27.8. The zero-order chi connectivity index (χ0) is 16.8. The number of carbonyl (C=O) groups is 3. The molecule has 0 aromatic heterocycles. The molecule has 3 amide bonds. The fourth-order valence-electron chi connectivity index (χ4n) is 2.98. The third kappa shape index (κ3) is 2.63. The molecule has 8 heteroatoms. The fraction of sp³-hybridized carbons (Fsp3) is 0.400. The van der Waals surface area contributed by atoms with Crippen molar-refractivity contribution in [1.29, 1.82) is 0 Å². The largest absolute Gasteiger partial charge is 0.480 e. The van der Waals surface area contributed by atoms with Gasteiger partial charge in [0.2, 0.25) is 5.91 Å². The summed E-state index contributed by atoms with van der Waals surface area (Å²) in [6.45, 7) is 3.59. The molecule has 122 valence electrons. The van der Waals surface area contributed by atoms with E-state index in [1.54, 1.807) is 38.1 Å². The van der Waals surface area contributed by atoms with Gasteiger partial charge in [-0.15, -0.1) is 11.8 Å². The quantitative estimate of drug-likeness (QED) is 0.724. The third-order valence-corrected chi connectivity index (χ3v) is 5.56. The lowest BCUT2D eigenvalue weighted by Gasteiger charge is -2.43. The lowest BCUT2D eigenvalue weighted by Crippen LogP contribution is -2.70. The highest BCUT2D eigenvalue weighted by Crippen LogP contribution is 2.50. The molecule has 0 spiro atoms. The van der Waals surface area contributed by atoms with Gasteiger partial charge in [0, 0.05) is 10.4 Å². The van der Waals surface area contributed by atoms with Crippen LogP contribution < -0.4 is 10.6 Å². The number of nitrogens with one attached hydrogen (secondary N) is 2. The van der Waals surface area contributed by atoms with E-state index in [0.29, 0.717) is 5.69 Å². The summed E-state index contributed by atoms with van der Waals surface area (Å²) in [5.74, 6) is -1.38. The van der Waals surface area contributed by atoms with Crippen molar-refractivity contribution in [2.75, 3.05) is 5.32 Å². The summed E-state index contributed by atoms with van der Waals surface area (Å²) in [5.41, 5.74) is 0.622. The van der Waals surface area contributed by atoms with Crippen molar-refractivity contribution in [3.63, 3.8) is 0 Å². The molecule has 0 aliphatic carbocycles. The number of β-lactam (4-membered cyclic amide) rings is 1. The van der Waals surface area contributed by atoms with Gasteiger partial charge in [-0.05, 0) is 26.0 Å². The molecule has 0 bridgehead atoms. The van der Waals surface area contributed by atoms with Crippen LogP contribution in [0, 0.1) is 0 Å². The van der Waals surface area contributed by atoms with E-state index in [2.05, 4.69) is 10.6 Å². The number of nitrogens with zero attached hydrogens (tertiary/aromatic N) is 1. The summed E-state index contributed by atoms with van der Waals surface area (Å²) in [4.78, 5) is 37.0. The lowest BCUT2D eigenvalue weighted by molar-refractivity contribution is -0.159. The Morgan fingerprint density at radius 1 is 1.26 bits per heavy atom. The molecular weight excluding hydrogens is 318 g/mol. The highest BCUT2D eigenvalue weighted by atomic mass is 32.2. The van der Waals surface area contributed by atoms with Crippen LogP contribution in [0.15, 0.2) is 30.3 Å². The van der Waals surface area contributed by atoms with Gasteiger partial charge < -0.3 is 20.6 Å². The number of rotatable bonds is 3. The van der Waals surface area contributed by atoms with Crippen LogP contribution in [-0.2, 0) is 9.59 Å². The van der Waals surface area contributed by atoms with Crippen LogP contribution in [0.3, 0.4) is 0 Å². The summed E-state index contributed by atoms with van der Waals surface area (Å²) in [5, 5.41) is 14.3. The van der Waals surface area contributed by atoms with Crippen LogP contribution in [-0.4, -0.2) is 50.1 Å². The minimum atomic E-state index is -1.02. The van der Waals surface area contributed by atoms with Gasteiger partial charge in [0.05, 0.1) is 0 Å². The number of carbonyl (C=O) groups excluding carboxylic acids is 2. The van der Waals surface area contributed by atoms with Crippen LogP contribution in [0.1, 0.15) is 13.8 Å². The Labute approximate surface area is 137 Å². The summed E-state index contributed by atoms with van der Waals surface area (Å²) < 4.78 is -0.599. The second kappa shape index (κ2) is 5.45. The molecule has 3 unspecified atom stereocenters. The molecule has 2 aliphatic rings. The predicted molar refractivity (Wildman–Crippen MR) is 86.1 cm³/mol. The SMILES string of the molecule is CC1(C)SC2C(NC(=O)Nc3ccccc3)C(=O)N2C1C(=O)O. The second-order valence-corrected chi connectivity index (χ2v) is 7.81. The Kier molecular flexibility index (Phi) is 3.71. The molecule has 0 saturated carbocycles. The summed E-state index contributed by atoms with van der Waals surface area (Å²) in [6.07, 6.45) is 0. The Morgan fingerprint density at radius 3 is 2.52 bits per heavy atom. The van der Waals surface area contributed by atoms with E-state index < -0.39 is 28.8 Å². The Hall–Kier alpha value is -2.22. The topological polar surface area (TPSA) is 98.7 Å². The minimum Gasteiger partial charge on any atom is -0.480 e. The Morgan fingerprint density at radius 2 is 1.91 bits per heavy atom. The van der Waals surface area contributed by atoms with Crippen molar-refractivity contribution in [3.8, 4) is 0 Å². The second-order valence-electron chi connectivity index (χ2n) is 6.04. The number of thioether (sulfide) groups is 1. The molecule has 2 saturated heterocycles. The van der Waals surface area contributed by atoms with Crippen LogP contribution in [0.4, 0.5) is 10.5 Å². The number of hydrogen-bond donors (Lipinski definition) is 3. The van der Waals surface area contributed by atoms with E-state index in [-0.39, 0.29) is 11.3 Å². The monoisotopic (exact) mass is 335 g/mol. The molecule has 1 aromatic rings. The number of urea groups is 1. The first-order valence-corrected chi connectivity index (χ1v) is 8.04. The van der Waals surface area contributed by atoms with Crippen LogP contribution in [0.25, 0.3) is 0 Å². The molecule has 3 atom stereocenters. The number of carboxylic acids is 1. The van der Waals surface area contributed by atoms with Crippen molar-refractivity contribution in [1.82, 2.24) is 10.2 Å².